The fourth-order valence-corrected chi connectivity index (χ4v) is 2.39. The lowest BCUT2D eigenvalue weighted by Crippen LogP contribution is -2.25. The molecule has 0 aromatic heterocycles. The van der Waals surface area contributed by atoms with Gasteiger partial charge in [0, 0.05) is 30.1 Å². The molecule has 1 saturated heterocycles. The lowest BCUT2D eigenvalue weighted by atomic mass is 10.1. The van der Waals surface area contributed by atoms with Gasteiger partial charge in [-0.15, -0.1) is 0 Å². The van der Waals surface area contributed by atoms with E-state index in [9.17, 15) is 18.0 Å². The molecule has 21 heavy (non-hydrogen) atoms. The molecule has 1 heterocycles. The van der Waals surface area contributed by atoms with Crippen LogP contribution in [0, 0.1) is 12.8 Å². The molecule has 2 rings (SSSR count). The van der Waals surface area contributed by atoms with Crippen molar-refractivity contribution in [3.8, 4) is 0 Å². The molecule has 0 saturated carbocycles. The lowest BCUT2D eigenvalue weighted by Gasteiger charge is -2.19. The minimum Gasteiger partial charge on any atom is -0.312 e. The molecule has 0 radical (unpaired) electrons. The average Bonchev–Trinajstić information content (AvgIpc) is 2.77. The van der Waals surface area contributed by atoms with E-state index < -0.39 is 11.7 Å². The van der Waals surface area contributed by atoms with Crippen LogP contribution in [-0.4, -0.2) is 19.0 Å². The Kier molecular flexibility index (Phi) is 4.09. The van der Waals surface area contributed by atoms with Crippen molar-refractivity contribution in [1.82, 2.24) is 0 Å². The summed E-state index contributed by atoms with van der Waals surface area (Å²) in [7, 11) is 0. The number of aryl methyl sites for hydroxylation is 1. The molecule has 0 bridgehead atoms. The number of carbonyl (C=O) groups excluding carboxylic acids is 1. The molecule has 5 nitrogen and oxygen atoms in total. The third-order valence-electron chi connectivity index (χ3n) is 3.45. The Hall–Kier alpha value is -2.21. The van der Waals surface area contributed by atoms with Crippen LogP contribution >= 0.6 is 0 Å². The molecule has 1 aromatic rings. The number of nitrogens with zero attached hydrogens (tertiary/aromatic N) is 4. The maximum atomic E-state index is 12.9. The molecule has 1 atom stereocenters. The first kappa shape index (κ1) is 15.2. The van der Waals surface area contributed by atoms with E-state index >= 15 is 0 Å². The summed E-state index contributed by atoms with van der Waals surface area (Å²) in [6, 6.07) is 3.84. The van der Waals surface area contributed by atoms with Gasteiger partial charge in [0.15, 0.2) is 0 Å². The van der Waals surface area contributed by atoms with Gasteiger partial charge in [0.1, 0.15) is 0 Å². The van der Waals surface area contributed by atoms with Crippen molar-refractivity contribution < 1.29 is 18.0 Å². The minimum atomic E-state index is -4.45. The Morgan fingerprint density at radius 2 is 2.19 bits per heavy atom. The van der Waals surface area contributed by atoms with Gasteiger partial charge in [0.05, 0.1) is 5.56 Å². The quantitative estimate of drug-likeness (QED) is 0.477. The summed E-state index contributed by atoms with van der Waals surface area (Å²) in [5, 5.41) is 3.41. The Labute approximate surface area is 119 Å². The van der Waals surface area contributed by atoms with E-state index in [2.05, 4.69) is 10.0 Å². The molecule has 1 unspecified atom stereocenters. The summed E-state index contributed by atoms with van der Waals surface area (Å²) in [5.41, 5.74) is 7.86. The SMILES string of the molecule is Cc1ccc(N2CC(CN=[N+]=[N-])CC2=O)cc1C(F)(F)F. The third kappa shape index (κ3) is 3.28. The van der Waals surface area contributed by atoms with Gasteiger partial charge in [-0.05, 0) is 36.1 Å². The number of hydrogen-bond acceptors (Lipinski definition) is 2. The first-order chi connectivity index (χ1) is 9.82. The van der Waals surface area contributed by atoms with E-state index in [0.29, 0.717) is 0 Å². The van der Waals surface area contributed by atoms with Crippen molar-refractivity contribution in [3.63, 3.8) is 0 Å². The monoisotopic (exact) mass is 298 g/mol. The predicted octanol–water partition coefficient (Wildman–Crippen LogP) is 3.68. The average molecular weight is 298 g/mol. The minimum absolute atomic E-state index is 0.114. The highest BCUT2D eigenvalue weighted by molar-refractivity contribution is 5.95. The van der Waals surface area contributed by atoms with Gasteiger partial charge in [-0.3, -0.25) is 4.79 Å². The predicted molar refractivity (Wildman–Crippen MR) is 70.7 cm³/mol. The Morgan fingerprint density at radius 1 is 1.48 bits per heavy atom. The molecule has 1 amide bonds. The van der Waals surface area contributed by atoms with Crippen LogP contribution in [0.1, 0.15) is 17.5 Å². The summed E-state index contributed by atoms with van der Waals surface area (Å²) in [6.45, 7) is 1.80. The van der Waals surface area contributed by atoms with E-state index in [1.54, 1.807) is 0 Å². The molecule has 1 aliphatic heterocycles. The second-order valence-electron chi connectivity index (χ2n) is 4.98. The van der Waals surface area contributed by atoms with Crippen LogP contribution in [0.2, 0.25) is 0 Å². The zero-order chi connectivity index (χ0) is 15.6. The second kappa shape index (κ2) is 5.65. The van der Waals surface area contributed by atoms with E-state index in [1.807, 2.05) is 0 Å². The number of benzene rings is 1. The Bertz CT molecular complexity index is 608. The van der Waals surface area contributed by atoms with Gasteiger partial charge < -0.3 is 4.90 Å². The highest BCUT2D eigenvalue weighted by Gasteiger charge is 2.35. The molecule has 8 heteroatoms. The normalized spacial score (nSPS) is 18.8. The molecular formula is C13H13F3N4O. The van der Waals surface area contributed by atoms with Gasteiger partial charge in [0.2, 0.25) is 5.91 Å². The largest absolute Gasteiger partial charge is 0.416 e. The molecule has 1 aromatic carbocycles. The van der Waals surface area contributed by atoms with E-state index in [-0.39, 0.29) is 42.6 Å². The number of carbonyl (C=O) groups is 1. The number of alkyl halides is 3. The fraction of sp³-hybridized carbons (Fsp3) is 0.462. The van der Waals surface area contributed by atoms with Crippen LogP contribution in [0.5, 0.6) is 0 Å². The summed E-state index contributed by atoms with van der Waals surface area (Å²) in [6.07, 6.45) is -4.28. The summed E-state index contributed by atoms with van der Waals surface area (Å²) >= 11 is 0. The molecule has 1 fully saturated rings. The second-order valence-corrected chi connectivity index (χ2v) is 4.98. The van der Waals surface area contributed by atoms with Crippen molar-refractivity contribution in [2.45, 2.75) is 19.5 Å². The van der Waals surface area contributed by atoms with Crippen molar-refractivity contribution >= 4 is 11.6 Å². The fourth-order valence-electron chi connectivity index (χ4n) is 2.39. The van der Waals surface area contributed by atoms with Crippen molar-refractivity contribution in [2.24, 2.45) is 11.0 Å². The van der Waals surface area contributed by atoms with Crippen molar-refractivity contribution in [1.29, 1.82) is 0 Å². The van der Waals surface area contributed by atoms with Gasteiger partial charge in [-0.1, -0.05) is 11.2 Å². The van der Waals surface area contributed by atoms with Gasteiger partial charge in [-0.2, -0.15) is 13.2 Å². The molecule has 0 N–H and O–H groups in total. The summed E-state index contributed by atoms with van der Waals surface area (Å²) in [5.74, 6) is -0.422. The standard InChI is InChI=1S/C13H13F3N4O/c1-8-2-3-10(5-11(8)13(14,15)16)20-7-9(4-12(20)21)6-18-19-17/h2-3,5,9H,4,6-7H2,1H3. The smallest absolute Gasteiger partial charge is 0.312 e. The molecule has 0 aliphatic carbocycles. The highest BCUT2D eigenvalue weighted by atomic mass is 19.4. The van der Waals surface area contributed by atoms with Crippen molar-refractivity contribution in [3.05, 3.63) is 39.8 Å². The van der Waals surface area contributed by atoms with Crippen LogP contribution in [0.15, 0.2) is 23.3 Å². The molecule has 0 spiro atoms. The van der Waals surface area contributed by atoms with E-state index in [1.165, 1.54) is 24.0 Å². The number of halogens is 3. The summed E-state index contributed by atoms with van der Waals surface area (Å²) in [4.78, 5) is 15.8. The van der Waals surface area contributed by atoms with Crippen LogP contribution in [0.4, 0.5) is 18.9 Å². The van der Waals surface area contributed by atoms with E-state index in [4.69, 9.17) is 5.53 Å². The van der Waals surface area contributed by atoms with Gasteiger partial charge >= 0.3 is 6.18 Å². The zero-order valence-corrected chi connectivity index (χ0v) is 11.3. The number of amides is 1. The molecular weight excluding hydrogens is 285 g/mol. The van der Waals surface area contributed by atoms with Gasteiger partial charge in [-0.25, -0.2) is 0 Å². The van der Waals surface area contributed by atoms with Crippen LogP contribution < -0.4 is 4.90 Å². The number of azide groups is 1. The zero-order valence-electron chi connectivity index (χ0n) is 11.3. The number of anilines is 1. The summed E-state index contributed by atoms with van der Waals surface area (Å²) < 4.78 is 38.7. The first-order valence-electron chi connectivity index (χ1n) is 6.32. The maximum Gasteiger partial charge on any atom is 0.416 e. The van der Waals surface area contributed by atoms with Crippen LogP contribution in [0.3, 0.4) is 0 Å². The number of hydrogen-bond donors (Lipinski definition) is 0. The third-order valence-corrected chi connectivity index (χ3v) is 3.45. The lowest BCUT2D eigenvalue weighted by molar-refractivity contribution is -0.138. The van der Waals surface area contributed by atoms with Crippen LogP contribution in [0.25, 0.3) is 10.4 Å². The Morgan fingerprint density at radius 3 is 2.81 bits per heavy atom. The molecule has 1 aliphatic rings. The number of rotatable bonds is 3. The molecule has 112 valence electrons. The van der Waals surface area contributed by atoms with E-state index in [0.717, 1.165) is 6.07 Å². The van der Waals surface area contributed by atoms with Gasteiger partial charge in [0.25, 0.3) is 0 Å². The first-order valence-corrected chi connectivity index (χ1v) is 6.32. The van der Waals surface area contributed by atoms with Crippen LogP contribution in [-0.2, 0) is 11.0 Å². The maximum absolute atomic E-state index is 12.9. The highest BCUT2D eigenvalue weighted by Crippen LogP contribution is 2.35. The topological polar surface area (TPSA) is 69.1 Å². The Balaban J connectivity index is 2.26. The van der Waals surface area contributed by atoms with Crippen molar-refractivity contribution in [2.75, 3.05) is 18.0 Å².